The number of hydrogen-bond acceptors (Lipinski definition) is 4. The molecule has 0 unspecified atom stereocenters. The number of aliphatic imine (C=N–C) groups is 1. The quantitative estimate of drug-likeness (QED) is 0.483. The second-order valence-electron chi connectivity index (χ2n) is 5.81. The molecule has 0 atom stereocenters. The number of para-hydroxylation sites is 2. The molecule has 0 bridgehead atoms. The third kappa shape index (κ3) is 3.16. The van der Waals surface area contributed by atoms with Crippen molar-refractivity contribution in [3.05, 3.63) is 77.9 Å². The van der Waals surface area contributed by atoms with Gasteiger partial charge in [0, 0.05) is 17.3 Å². The van der Waals surface area contributed by atoms with E-state index >= 15 is 0 Å². The largest absolute Gasteiger partial charge is 0.507 e. The Labute approximate surface area is 150 Å². The van der Waals surface area contributed by atoms with Crippen molar-refractivity contribution in [1.29, 1.82) is 0 Å². The minimum Gasteiger partial charge on any atom is -0.507 e. The summed E-state index contributed by atoms with van der Waals surface area (Å²) in [6.07, 6.45) is 1.69. The van der Waals surface area contributed by atoms with E-state index in [2.05, 4.69) is 11.1 Å². The molecule has 0 aliphatic heterocycles. The fraction of sp³-hybridized carbons (Fsp3) is 0.0476. The summed E-state index contributed by atoms with van der Waals surface area (Å²) in [6, 6.07) is 21.8. The molecule has 3 nitrogen and oxygen atoms in total. The van der Waals surface area contributed by atoms with E-state index in [0.717, 1.165) is 27.3 Å². The third-order valence-corrected chi connectivity index (χ3v) is 5.09. The predicted molar refractivity (Wildman–Crippen MR) is 105 cm³/mol. The maximum atomic E-state index is 10.1. The summed E-state index contributed by atoms with van der Waals surface area (Å²) in [5.41, 5.74) is 4.45. The van der Waals surface area contributed by atoms with Crippen molar-refractivity contribution in [2.45, 2.75) is 6.92 Å². The van der Waals surface area contributed by atoms with Gasteiger partial charge in [-0.2, -0.15) is 0 Å². The molecule has 4 heteroatoms. The second-order valence-corrected chi connectivity index (χ2v) is 6.84. The Kier molecular flexibility index (Phi) is 4.04. The minimum atomic E-state index is 0.272. The molecule has 0 aliphatic carbocycles. The molecular weight excluding hydrogens is 328 g/mol. The number of aryl methyl sites for hydroxylation is 1. The molecule has 1 aromatic heterocycles. The van der Waals surface area contributed by atoms with Crippen LogP contribution in [-0.2, 0) is 0 Å². The number of aromatic hydroxyl groups is 1. The Morgan fingerprint density at radius 2 is 1.84 bits per heavy atom. The van der Waals surface area contributed by atoms with Crippen LogP contribution in [-0.4, -0.2) is 16.3 Å². The number of thiazole rings is 1. The van der Waals surface area contributed by atoms with Gasteiger partial charge in [0.25, 0.3) is 0 Å². The van der Waals surface area contributed by atoms with Gasteiger partial charge in [0.15, 0.2) is 0 Å². The molecule has 3 aromatic carbocycles. The summed E-state index contributed by atoms with van der Waals surface area (Å²) in [5.74, 6) is 0.272. The van der Waals surface area contributed by atoms with Crippen LogP contribution < -0.4 is 0 Å². The van der Waals surface area contributed by atoms with Gasteiger partial charge in [-0.25, -0.2) is 4.98 Å². The summed E-state index contributed by atoms with van der Waals surface area (Å²) < 4.78 is 1.18. The highest BCUT2D eigenvalue weighted by molar-refractivity contribution is 7.21. The lowest BCUT2D eigenvalue weighted by Crippen LogP contribution is -1.84. The summed E-state index contributed by atoms with van der Waals surface area (Å²) in [6.45, 7) is 1.88. The molecule has 4 rings (SSSR count). The zero-order valence-corrected chi connectivity index (χ0v) is 14.5. The molecule has 0 radical (unpaired) electrons. The maximum Gasteiger partial charge on any atom is 0.127 e. The molecule has 1 N–H and O–H groups in total. The van der Waals surface area contributed by atoms with E-state index in [1.54, 1.807) is 17.6 Å². The Morgan fingerprint density at radius 3 is 2.72 bits per heavy atom. The first kappa shape index (κ1) is 15.5. The van der Waals surface area contributed by atoms with Crippen LogP contribution in [0.25, 0.3) is 20.8 Å². The van der Waals surface area contributed by atoms with Crippen molar-refractivity contribution in [3.8, 4) is 16.3 Å². The van der Waals surface area contributed by atoms with Crippen LogP contribution in [0.15, 0.2) is 71.7 Å². The van der Waals surface area contributed by atoms with Crippen molar-refractivity contribution in [1.82, 2.24) is 4.98 Å². The van der Waals surface area contributed by atoms with Gasteiger partial charge in [-0.3, -0.25) is 4.99 Å². The molecule has 0 saturated carbocycles. The summed E-state index contributed by atoms with van der Waals surface area (Å²) >= 11 is 1.67. The Bertz CT molecular complexity index is 1050. The van der Waals surface area contributed by atoms with E-state index in [4.69, 9.17) is 4.98 Å². The lowest BCUT2D eigenvalue weighted by Gasteiger charge is -2.02. The summed E-state index contributed by atoms with van der Waals surface area (Å²) in [4.78, 5) is 9.21. The first-order valence-corrected chi connectivity index (χ1v) is 8.81. The number of fused-ring (bicyclic) bond motifs is 1. The molecule has 122 valence electrons. The SMILES string of the molecule is Cc1cccc(C=Nc2cccc(-c3nc4ccccc4s3)c2)c1O. The smallest absolute Gasteiger partial charge is 0.127 e. The van der Waals surface area contributed by atoms with Crippen molar-refractivity contribution >= 4 is 33.5 Å². The van der Waals surface area contributed by atoms with Crippen LogP contribution in [0.1, 0.15) is 11.1 Å². The van der Waals surface area contributed by atoms with E-state index in [9.17, 15) is 5.11 Å². The lowest BCUT2D eigenvalue weighted by atomic mass is 10.1. The first-order chi connectivity index (χ1) is 12.2. The summed E-state index contributed by atoms with van der Waals surface area (Å²) in [5, 5.41) is 11.1. The normalized spacial score (nSPS) is 11.4. The van der Waals surface area contributed by atoms with E-state index in [1.807, 2.05) is 67.6 Å². The van der Waals surface area contributed by atoms with Crippen LogP contribution in [0.4, 0.5) is 5.69 Å². The van der Waals surface area contributed by atoms with Crippen LogP contribution >= 0.6 is 11.3 Å². The van der Waals surface area contributed by atoms with Gasteiger partial charge < -0.3 is 5.11 Å². The van der Waals surface area contributed by atoms with Crippen LogP contribution in [0, 0.1) is 6.92 Å². The highest BCUT2D eigenvalue weighted by Gasteiger charge is 2.06. The monoisotopic (exact) mass is 344 g/mol. The Morgan fingerprint density at radius 1 is 1.00 bits per heavy atom. The van der Waals surface area contributed by atoms with Crippen LogP contribution in [0.2, 0.25) is 0 Å². The van der Waals surface area contributed by atoms with Crippen molar-refractivity contribution in [2.75, 3.05) is 0 Å². The summed E-state index contributed by atoms with van der Waals surface area (Å²) in [7, 11) is 0. The van der Waals surface area contributed by atoms with Crippen molar-refractivity contribution < 1.29 is 5.11 Å². The number of nitrogens with zero attached hydrogens (tertiary/aromatic N) is 2. The number of phenolic OH excluding ortho intramolecular Hbond substituents is 1. The first-order valence-electron chi connectivity index (χ1n) is 7.99. The number of benzene rings is 3. The van der Waals surface area contributed by atoms with Gasteiger partial charge in [0.05, 0.1) is 15.9 Å². The number of aromatic nitrogens is 1. The molecule has 25 heavy (non-hydrogen) atoms. The highest BCUT2D eigenvalue weighted by Crippen LogP contribution is 2.31. The molecule has 4 aromatic rings. The molecule has 0 aliphatic rings. The average molecular weight is 344 g/mol. The molecule has 0 spiro atoms. The minimum absolute atomic E-state index is 0.272. The standard InChI is InChI=1S/C21H16N2OS/c1-14-6-4-8-16(20(14)24)13-22-17-9-5-7-15(12-17)21-23-18-10-2-3-11-19(18)25-21/h2-13,24H,1H3. The van der Waals surface area contributed by atoms with Gasteiger partial charge in [-0.1, -0.05) is 36.4 Å². The zero-order valence-electron chi connectivity index (χ0n) is 13.7. The zero-order chi connectivity index (χ0) is 17.2. The molecule has 0 fully saturated rings. The van der Waals surface area contributed by atoms with Crippen LogP contribution in [0.5, 0.6) is 5.75 Å². The van der Waals surface area contributed by atoms with Crippen molar-refractivity contribution in [3.63, 3.8) is 0 Å². The highest BCUT2D eigenvalue weighted by atomic mass is 32.1. The topological polar surface area (TPSA) is 45.5 Å². The van der Waals surface area contributed by atoms with Gasteiger partial charge >= 0.3 is 0 Å². The molecule has 0 amide bonds. The molecule has 0 saturated heterocycles. The van der Waals surface area contributed by atoms with Crippen LogP contribution in [0.3, 0.4) is 0 Å². The number of hydrogen-bond donors (Lipinski definition) is 1. The van der Waals surface area contributed by atoms with Gasteiger partial charge in [0.2, 0.25) is 0 Å². The number of rotatable bonds is 3. The maximum absolute atomic E-state index is 10.1. The Balaban J connectivity index is 1.67. The fourth-order valence-corrected chi connectivity index (χ4v) is 3.61. The average Bonchev–Trinajstić information content (AvgIpc) is 3.07. The van der Waals surface area contributed by atoms with E-state index < -0.39 is 0 Å². The molecule has 1 heterocycles. The van der Waals surface area contributed by atoms with E-state index in [-0.39, 0.29) is 5.75 Å². The van der Waals surface area contributed by atoms with E-state index in [1.165, 1.54) is 4.70 Å². The molecular formula is C21H16N2OS. The van der Waals surface area contributed by atoms with E-state index in [0.29, 0.717) is 5.56 Å². The Hall–Kier alpha value is -2.98. The van der Waals surface area contributed by atoms with Gasteiger partial charge in [-0.15, -0.1) is 11.3 Å². The van der Waals surface area contributed by atoms with Gasteiger partial charge in [0.1, 0.15) is 10.8 Å². The predicted octanol–water partition coefficient (Wildman–Crippen LogP) is 5.73. The number of phenols is 1. The lowest BCUT2D eigenvalue weighted by molar-refractivity contribution is 0.470. The van der Waals surface area contributed by atoms with Crippen molar-refractivity contribution in [2.24, 2.45) is 4.99 Å². The fourth-order valence-electron chi connectivity index (χ4n) is 2.64. The third-order valence-electron chi connectivity index (χ3n) is 4.01. The van der Waals surface area contributed by atoms with Gasteiger partial charge in [-0.05, 0) is 42.8 Å². The second kappa shape index (κ2) is 6.49.